The van der Waals surface area contributed by atoms with Crippen LogP contribution in [-0.4, -0.2) is 36.6 Å². The molecule has 154 valence electrons. The Kier molecular flexibility index (Phi) is 6.28. The number of carbonyl (C=O) groups excluding carboxylic acids is 2. The van der Waals surface area contributed by atoms with Gasteiger partial charge in [-0.25, -0.2) is 32.8 Å². The highest BCUT2D eigenvalue weighted by Gasteiger charge is 2.24. The highest BCUT2D eigenvalue weighted by Crippen LogP contribution is 2.24. The normalized spacial score (nSPS) is 10.9. The van der Waals surface area contributed by atoms with Crippen LogP contribution < -0.4 is 4.74 Å². The smallest absolute Gasteiger partial charge is 0.393 e. The van der Waals surface area contributed by atoms with Gasteiger partial charge in [0.15, 0.2) is 0 Å². The molecule has 0 aliphatic carbocycles. The molecule has 2 aromatic carbocycles. The molecule has 3 aromatic rings. The molecule has 3 rings (SSSR count). The molecule has 1 heterocycles. The average Bonchev–Trinajstić information content (AvgIpc) is 2.72. The van der Waals surface area contributed by atoms with E-state index in [1.165, 1.54) is 18.2 Å². The fraction of sp³-hybridized carbons (Fsp3) is 0.0526. The molecule has 0 saturated carbocycles. The van der Waals surface area contributed by atoms with E-state index in [1.807, 2.05) is 0 Å². The van der Waals surface area contributed by atoms with Crippen LogP contribution in [0.2, 0.25) is 5.02 Å². The van der Waals surface area contributed by atoms with Crippen LogP contribution in [0.3, 0.4) is 0 Å². The monoisotopic (exact) mass is 448 g/mol. The number of ether oxygens (including phenoxy) is 1. The number of carbonyl (C=O) groups is 2. The molecular weight excluding hydrogens is 436 g/mol. The highest BCUT2D eigenvalue weighted by molar-refractivity contribution is 7.90. The first-order chi connectivity index (χ1) is 14.2. The van der Waals surface area contributed by atoms with Gasteiger partial charge in [0.25, 0.3) is 0 Å². The van der Waals surface area contributed by atoms with Gasteiger partial charge < -0.3 is 4.74 Å². The van der Waals surface area contributed by atoms with Crippen molar-refractivity contribution in [3.63, 3.8) is 0 Å². The van der Waals surface area contributed by atoms with E-state index in [0.29, 0.717) is 5.02 Å². The number of benzene rings is 2. The molecule has 1 aromatic heterocycles. The second-order valence-corrected chi connectivity index (χ2v) is 8.16. The molecule has 0 N–H and O–H groups in total. The van der Waals surface area contributed by atoms with Crippen LogP contribution in [0.25, 0.3) is 0 Å². The number of nitrogens with zero attached hydrogens (tertiary/aromatic N) is 2. The first kappa shape index (κ1) is 21.2. The van der Waals surface area contributed by atoms with Crippen LogP contribution >= 0.6 is 11.6 Å². The molecule has 0 amide bonds. The van der Waals surface area contributed by atoms with Gasteiger partial charge in [-0.1, -0.05) is 35.9 Å². The van der Waals surface area contributed by atoms with E-state index in [9.17, 15) is 18.0 Å². The Hall–Kier alpha value is -3.50. The summed E-state index contributed by atoms with van der Waals surface area (Å²) >= 11 is 5.80. The standard InChI is InChI=1S/C19H13ClN2O7S/c1-30(25,26)19-21-11-15(16(22-19)27-14-8-3-2-4-9-14)18(24)29-28-17(23)12-6-5-7-13(20)10-12/h2-11H,1H3. The molecular formula is C19H13ClN2O7S. The molecule has 0 unspecified atom stereocenters. The van der Waals surface area contributed by atoms with Crippen LogP contribution in [0.5, 0.6) is 11.6 Å². The molecule has 0 atom stereocenters. The Bertz CT molecular complexity index is 1200. The third-order valence-electron chi connectivity index (χ3n) is 3.49. The number of hydrogen-bond donors (Lipinski definition) is 0. The predicted molar refractivity (Wildman–Crippen MR) is 104 cm³/mol. The first-order valence-corrected chi connectivity index (χ1v) is 10.5. The lowest BCUT2D eigenvalue weighted by Gasteiger charge is -2.10. The van der Waals surface area contributed by atoms with Gasteiger partial charge in [-0.15, -0.1) is 0 Å². The van der Waals surface area contributed by atoms with Crippen molar-refractivity contribution in [3.8, 4) is 11.6 Å². The van der Waals surface area contributed by atoms with Crippen LogP contribution in [-0.2, 0) is 19.6 Å². The van der Waals surface area contributed by atoms with Gasteiger partial charge in [0.05, 0.1) is 11.8 Å². The van der Waals surface area contributed by atoms with Crippen molar-refractivity contribution in [2.45, 2.75) is 5.16 Å². The van der Waals surface area contributed by atoms with E-state index >= 15 is 0 Å². The van der Waals surface area contributed by atoms with E-state index in [2.05, 4.69) is 19.7 Å². The van der Waals surface area contributed by atoms with Gasteiger partial charge in [0.1, 0.15) is 11.3 Å². The lowest BCUT2D eigenvalue weighted by atomic mass is 10.2. The fourth-order valence-corrected chi connectivity index (χ4v) is 2.81. The van der Waals surface area contributed by atoms with Crippen LogP contribution in [0.4, 0.5) is 0 Å². The number of sulfone groups is 1. The minimum Gasteiger partial charge on any atom is -0.438 e. The summed E-state index contributed by atoms with van der Waals surface area (Å²) in [5, 5.41) is -0.264. The molecule has 0 bridgehead atoms. The summed E-state index contributed by atoms with van der Waals surface area (Å²) in [6.45, 7) is 0. The molecule has 11 heteroatoms. The van der Waals surface area contributed by atoms with Crippen LogP contribution in [0, 0.1) is 0 Å². The maximum absolute atomic E-state index is 12.4. The number of aromatic nitrogens is 2. The Morgan fingerprint density at radius 3 is 2.33 bits per heavy atom. The molecule has 30 heavy (non-hydrogen) atoms. The van der Waals surface area contributed by atoms with Crippen molar-refractivity contribution in [1.82, 2.24) is 9.97 Å². The zero-order valence-corrected chi connectivity index (χ0v) is 16.9. The Balaban J connectivity index is 1.84. The minimum atomic E-state index is -3.78. The van der Waals surface area contributed by atoms with Crippen LogP contribution in [0.1, 0.15) is 20.7 Å². The van der Waals surface area contributed by atoms with Crippen molar-refractivity contribution in [2.24, 2.45) is 0 Å². The predicted octanol–water partition coefficient (Wildman–Crippen LogP) is 3.25. The summed E-state index contributed by atoms with van der Waals surface area (Å²) in [6.07, 6.45) is 1.80. The highest BCUT2D eigenvalue weighted by atomic mass is 35.5. The maximum atomic E-state index is 12.4. The molecule has 0 fully saturated rings. The quantitative estimate of drug-likeness (QED) is 0.328. The van der Waals surface area contributed by atoms with E-state index < -0.39 is 26.9 Å². The van der Waals surface area contributed by atoms with E-state index in [1.54, 1.807) is 36.4 Å². The van der Waals surface area contributed by atoms with E-state index in [-0.39, 0.29) is 22.8 Å². The minimum absolute atomic E-state index is 0.0553. The van der Waals surface area contributed by atoms with Crippen LogP contribution in [0.15, 0.2) is 66.0 Å². The molecule has 0 aliphatic rings. The Labute approximate surface area is 176 Å². The third kappa shape index (κ3) is 5.31. The number of para-hydroxylation sites is 1. The van der Waals surface area contributed by atoms with Gasteiger partial charge in [-0.05, 0) is 30.3 Å². The van der Waals surface area contributed by atoms with Crippen molar-refractivity contribution in [1.29, 1.82) is 0 Å². The molecule has 0 aliphatic heterocycles. The summed E-state index contributed by atoms with van der Waals surface area (Å²) < 4.78 is 29.0. The summed E-state index contributed by atoms with van der Waals surface area (Å²) in [5.41, 5.74) is -0.301. The van der Waals surface area contributed by atoms with Gasteiger partial charge in [-0.3, -0.25) is 0 Å². The first-order valence-electron chi connectivity index (χ1n) is 8.23. The number of halogens is 1. The van der Waals surface area contributed by atoms with Crippen molar-refractivity contribution in [3.05, 3.63) is 76.9 Å². The largest absolute Gasteiger partial charge is 0.438 e. The fourth-order valence-electron chi connectivity index (χ4n) is 2.13. The topological polar surface area (TPSA) is 122 Å². The lowest BCUT2D eigenvalue weighted by molar-refractivity contribution is -0.187. The van der Waals surface area contributed by atoms with Crippen molar-refractivity contribution >= 4 is 33.4 Å². The second kappa shape index (κ2) is 8.89. The van der Waals surface area contributed by atoms with Crippen molar-refractivity contribution < 1.29 is 32.5 Å². The molecule has 9 nitrogen and oxygen atoms in total. The number of rotatable bonds is 5. The molecule has 0 spiro atoms. The Morgan fingerprint density at radius 1 is 0.967 bits per heavy atom. The summed E-state index contributed by atoms with van der Waals surface area (Å²) in [5.74, 6) is -2.25. The summed E-state index contributed by atoms with van der Waals surface area (Å²) in [7, 11) is -3.78. The van der Waals surface area contributed by atoms with Gasteiger partial charge in [-0.2, -0.15) is 4.98 Å². The van der Waals surface area contributed by atoms with E-state index in [4.69, 9.17) is 16.3 Å². The summed E-state index contributed by atoms with van der Waals surface area (Å²) in [6, 6.07) is 14.0. The average molecular weight is 449 g/mol. The lowest BCUT2D eigenvalue weighted by Crippen LogP contribution is -2.15. The second-order valence-electron chi connectivity index (χ2n) is 5.81. The zero-order chi connectivity index (χ0) is 21.7. The van der Waals surface area contributed by atoms with Gasteiger partial charge >= 0.3 is 11.9 Å². The third-order valence-corrected chi connectivity index (χ3v) is 4.59. The summed E-state index contributed by atoms with van der Waals surface area (Å²) in [4.78, 5) is 40.9. The molecule has 0 saturated heterocycles. The SMILES string of the molecule is CS(=O)(=O)c1ncc(C(=O)OOC(=O)c2cccc(Cl)c2)c(Oc2ccccc2)n1. The number of hydrogen-bond acceptors (Lipinski definition) is 9. The zero-order valence-electron chi connectivity index (χ0n) is 15.3. The molecule has 0 radical (unpaired) electrons. The van der Waals surface area contributed by atoms with Crippen molar-refractivity contribution in [2.75, 3.05) is 6.26 Å². The Morgan fingerprint density at radius 2 is 1.67 bits per heavy atom. The van der Waals surface area contributed by atoms with Gasteiger partial charge in [0, 0.05) is 11.3 Å². The maximum Gasteiger partial charge on any atom is 0.393 e. The van der Waals surface area contributed by atoms with E-state index in [0.717, 1.165) is 12.5 Å². The van der Waals surface area contributed by atoms with Gasteiger partial charge in [0.2, 0.25) is 20.9 Å².